The van der Waals surface area contributed by atoms with Crippen LogP contribution in [0.1, 0.15) is 49.6 Å². The lowest BCUT2D eigenvalue weighted by Gasteiger charge is -2.27. The SMILES string of the molecule is Cc1c(C#N)c(SCC(=O)N[C@](C)(C#N)C(C)C)nc2c1CCC2. The molecule has 0 aromatic carbocycles. The molecule has 1 aromatic heterocycles. The van der Waals surface area contributed by atoms with Crippen LogP contribution in [-0.2, 0) is 17.6 Å². The van der Waals surface area contributed by atoms with E-state index in [1.807, 2.05) is 20.8 Å². The normalized spacial score (nSPS) is 15.3. The highest BCUT2D eigenvalue weighted by Crippen LogP contribution is 2.31. The first-order valence-corrected chi connectivity index (χ1v) is 9.08. The number of aromatic nitrogens is 1. The Morgan fingerprint density at radius 2 is 2.12 bits per heavy atom. The quantitative estimate of drug-likeness (QED) is 0.831. The van der Waals surface area contributed by atoms with Gasteiger partial charge in [0, 0.05) is 5.69 Å². The lowest BCUT2D eigenvalue weighted by Crippen LogP contribution is -2.49. The van der Waals surface area contributed by atoms with E-state index in [1.165, 1.54) is 17.3 Å². The third kappa shape index (κ3) is 3.55. The Balaban J connectivity index is 2.13. The van der Waals surface area contributed by atoms with Crippen LogP contribution in [0.3, 0.4) is 0 Å². The summed E-state index contributed by atoms with van der Waals surface area (Å²) in [6.07, 6.45) is 2.97. The summed E-state index contributed by atoms with van der Waals surface area (Å²) in [6, 6.07) is 4.39. The zero-order valence-electron chi connectivity index (χ0n) is 14.6. The first kappa shape index (κ1) is 18.3. The average molecular weight is 342 g/mol. The molecule has 0 spiro atoms. The summed E-state index contributed by atoms with van der Waals surface area (Å²) in [5.74, 6) is -0.0720. The van der Waals surface area contributed by atoms with E-state index >= 15 is 0 Å². The van der Waals surface area contributed by atoms with E-state index < -0.39 is 5.54 Å². The second kappa shape index (κ2) is 7.23. The van der Waals surface area contributed by atoms with Crippen LogP contribution in [0, 0.1) is 35.5 Å². The minimum atomic E-state index is -0.892. The highest BCUT2D eigenvalue weighted by atomic mass is 32.2. The van der Waals surface area contributed by atoms with Gasteiger partial charge in [-0.1, -0.05) is 25.6 Å². The maximum Gasteiger partial charge on any atom is 0.231 e. The van der Waals surface area contributed by atoms with E-state index in [9.17, 15) is 15.3 Å². The molecule has 1 heterocycles. The number of hydrogen-bond donors (Lipinski definition) is 1. The molecule has 6 heteroatoms. The molecule has 1 atom stereocenters. The summed E-state index contributed by atoms with van der Waals surface area (Å²) in [5.41, 5.74) is 2.92. The molecule has 1 aliphatic rings. The summed E-state index contributed by atoms with van der Waals surface area (Å²) >= 11 is 1.27. The zero-order valence-corrected chi connectivity index (χ0v) is 15.4. The maximum absolute atomic E-state index is 12.2. The van der Waals surface area contributed by atoms with Gasteiger partial charge in [0.05, 0.1) is 17.4 Å². The molecule has 5 nitrogen and oxygen atoms in total. The summed E-state index contributed by atoms with van der Waals surface area (Å²) in [7, 11) is 0. The molecule has 126 valence electrons. The Bertz CT molecular complexity index is 745. The van der Waals surface area contributed by atoms with Crippen LogP contribution in [0.4, 0.5) is 0 Å². The number of amides is 1. The number of pyridine rings is 1. The number of nitrogens with zero attached hydrogens (tertiary/aromatic N) is 3. The minimum absolute atomic E-state index is 0.00600. The van der Waals surface area contributed by atoms with Crippen LogP contribution >= 0.6 is 11.8 Å². The number of rotatable bonds is 5. The topological polar surface area (TPSA) is 89.6 Å². The Hall–Kier alpha value is -2.05. The molecule has 0 unspecified atom stereocenters. The molecule has 0 saturated heterocycles. The molecule has 1 aromatic rings. The van der Waals surface area contributed by atoms with Gasteiger partial charge in [-0.3, -0.25) is 4.79 Å². The summed E-state index contributed by atoms with van der Waals surface area (Å²) < 4.78 is 0. The molecule has 0 fully saturated rings. The molecular weight excluding hydrogens is 320 g/mol. The van der Waals surface area contributed by atoms with Crippen molar-refractivity contribution in [2.75, 3.05) is 5.75 Å². The molecule has 1 N–H and O–H groups in total. The van der Waals surface area contributed by atoms with Crippen molar-refractivity contribution in [1.82, 2.24) is 10.3 Å². The Kier molecular flexibility index (Phi) is 5.51. The van der Waals surface area contributed by atoms with Gasteiger partial charge in [0.2, 0.25) is 5.91 Å². The molecule has 1 amide bonds. The van der Waals surface area contributed by atoms with Crippen LogP contribution in [0.15, 0.2) is 5.03 Å². The van der Waals surface area contributed by atoms with Crippen molar-refractivity contribution >= 4 is 17.7 Å². The minimum Gasteiger partial charge on any atom is -0.337 e. The number of thioether (sulfide) groups is 1. The summed E-state index contributed by atoms with van der Waals surface area (Å²) in [4.78, 5) is 16.8. The number of carbonyl (C=O) groups excluding carboxylic acids is 1. The average Bonchev–Trinajstić information content (AvgIpc) is 3.01. The fraction of sp³-hybridized carbons (Fsp3) is 0.556. The zero-order chi connectivity index (χ0) is 17.9. The molecule has 0 radical (unpaired) electrons. The third-order valence-electron chi connectivity index (χ3n) is 4.70. The Morgan fingerprint density at radius 1 is 1.42 bits per heavy atom. The van der Waals surface area contributed by atoms with Crippen LogP contribution in [0.2, 0.25) is 0 Å². The van der Waals surface area contributed by atoms with Gasteiger partial charge in [-0.2, -0.15) is 10.5 Å². The molecule has 2 rings (SSSR count). The number of fused-ring (bicyclic) bond motifs is 1. The Labute approximate surface area is 147 Å². The predicted octanol–water partition coefficient (Wildman–Crippen LogP) is 2.90. The number of carbonyl (C=O) groups is 1. The molecule has 0 saturated carbocycles. The van der Waals surface area contributed by atoms with Gasteiger partial charge < -0.3 is 5.32 Å². The van der Waals surface area contributed by atoms with E-state index in [4.69, 9.17) is 0 Å². The van der Waals surface area contributed by atoms with Gasteiger partial charge >= 0.3 is 0 Å². The molecule has 1 aliphatic carbocycles. The molecule has 24 heavy (non-hydrogen) atoms. The van der Waals surface area contributed by atoms with Crippen molar-refractivity contribution in [3.05, 3.63) is 22.4 Å². The van der Waals surface area contributed by atoms with Crippen molar-refractivity contribution < 1.29 is 4.79 Å². The van der Waals surface area contributed by atoms with Gasteiger partial charge in [-0.05, 0) is 50.2 Å². The van der Waals surface area contributed by atoms with Gasteiger partial charge in [0.15, 0.2) is 0 Å². The second-order valence-electron chi connectivity index (χ2n) is 6.61. The monoisotopic (exact) mass is 342 g/mol. The number of nitrogens with one attached hydrogen (secondary N) is 1. The van der Waals surface area contributed by atoms with Gasteiger partial charge in [0.25, 0.3) is 0 Å². The van der Waals surface area contributed by atoms with Crippen molar-refractivity contribution in [3.63, 3.8) is 0 Å². The molecule has 0 bridgehead atoms. The number of aryl methyl sites for hydroxylation is 1. The van der Waals surface area contributed by atoms with E-state index in [-0.39, 0.29) is 17.6 Å². The third-order valence-corrected chi connectivity index (χ3v) is 5.68. The molecule has 0 aliphatic heterocycles. The van der Waals surface area contributed by atoms with Crippen molar-refractivity contribution in [2.24, 2.45) is 5.92 Å². The van der Waals surface area contributed by atoms with Crippen LogP contribution < -0.4 is 5.32 Å². The fourth-order valence-corrected chi connectivity index (χ4v) is 3.60. The first-order valence-electron chi connectivity index (χ1n) is 8.10. The number of nitriles is 2. The predicted molar refractivity (Wildman–Crippen MR) is 93.4 cm³/mol. The standard InChI is InChI=1S/C18H22N4OS/c1-11(2)18(4,10-20)22-16(23)9-24-17-14(8-19)12(3)13-6-5-7-15(13)21-17/h11H,5-7,9H2,1-4H3,(H,22,23)/t18-/m1/s1. The summed E-state index contributed by atoms with van der Waals surface area (Å²) in [6.45, 7) is 7.48. The largest absolute Gasteiger partial charge is 0.337 e. The Morgan fingerprint density at radius 3 is 2.71 bits per heavy atom. The smallest absolute Gasteiger partial charge is 0.231 e. The van der Waals surface area contributed by atoms with Crippen LogP contribution in [-0.4, -0.2) is 22.2 Å². The van der Waals surface area contributed by atoms with Crippen molar-refractivity contribution in [1.29, 1.82) is 10.5 Å². The fourth-order valence-electron chi connectivity index (χ4n) is 2.74. The molecular formula is C18H22N4OS. The van der Waals surface area contributed by atoms with Gasteiger partial charge in [-0.15, -0.1) is 0 Å². The second-order valence-corrected chi connectivity index (χ2v) is 7.58. The highest BCUT2D eigenvalue weighted by Gasteiger charge is 2.30. The van der Waals surface area contributed by atoms with Gasteiger partial charge in [0.1, 0.15) is 16.6 Å². The lowest BCUT2D eigenvalue weighted by atomic mass is 9.90. The first-order chi connectivity index (χ1) is 11.3. The summed E-state index contributed by atoms with van der Waals surface area (Å²) in [5, 5.41) is 22.1. The van der Waals surface area contributed by atoms with E-state index in [2.05, 4.69) is 22.4 Å². The van der Waals surface area contributed by atoms with E-state index in [1.54, 1.807) is 6.92 Å². The van der Waals surface area contributed by atoms with Crippen molar-refractivity contribution in [3.8, 4) is 12.1 Å². The lowest BCUT2D eigenvalue weighted by molar-refractivity contribution is -0.120. The van der Waals surface area contributed by atoms with Crippen LogP contribution in [0.5, 0.6) is 0 Å². The highest BCUT2D eigenvalue weighted by molar-refractivity contribution is 8.00. The van der Waals surface area contributed by atoms with Gasteiger partial charge in [-0.25, -0.2) is 4.98 Å². The van der Waals surface area contributed by atoms with E-state index in [0.717, 1.165) is 30.5 Å². The van der Waals surface area contributed by atoms with E-state index in [0.29, 0.717) is 10.6 Å². The number of hydrogen-bond acceptors (Lipinski definition) is 5. The van der Waals surface area contributed by atoms with Crippen molar-refractivity contribution in [2.45, 2.75) is 57.5 Å². The maximum atomic E-state index is 12.2. The van der Waals surface area contributed by atoms with Crippen LogP contribution in [0.25, 0.3) is 0 Å².